The largest absolute Gasteiger partial charge is 0.394 e. The number of aliphatic hydroxyl groups is 5. The molecule has 0 amide bonds. The number of aliphatic hydroxyl groups excluding tert-OH is 5. The van der Waals surface area contributed by atoms with Crippen LogP contribution in [0.4, 0.5) is 0 Å². The average molecular weight is 608 g/mol. The summed E-state index contributed by atoms with van der Waals surface area (Å²) >= 11 is 0. The van der Waals surface area contributed by atoms with Gasteiger partial charge >= 0.3 is 0 Å². The highest BCUT2D eigenvalue weighted by molar-refractivity contribution is 5.07. The minimum atomic E-state index is -1.47. The maximum absolute atomic E-state index is 11.2. The molecule has 0 bridgehead atoms. The first kappa shape index (κ1) is 32.7. The number of ether oxygens (including phenoxy) is 6. The Labute approximate surface area is 244 Å². The highest BCUT2D eigenvalue weighted by atomic mass is 16.8. The van der Waals surface area contributed by atoms with Crippen LogP contribution >= 0.6 is 0 Å². The molecule has 0 radical (unpaired) electrons. The first-order valence-corrected chi connectivity index (χ1v) is 14.9. The molecule has 5 aliphatic rings. The zero-order valence-electron chi connectivity index (χ0n) is 23.8. The van der Waals surface area contributed by atoms with Crippen molar-refractivity contribution in [3.63, 3.8) is 0 Å². The van der Waals surface area contributed by atoms with Gasteiger partial charge in [-0.3, -0.25) is 0 Å². The third kappa shape index (κ3) is 6.37. The Bertz CT molecular complexity index is 905. The zero-order chi connectivity index (χ0) is 30.5. The van der Waals surface area contributed by atoms with Crippen LogP contribution in [0.15, 0.2) is 0 Å². The Morgan fingerprint density at radius 1 is 0.714 bits per heavy atom. The van der Waals surface area contributed by atoms with Gasteiger partial charge in [0.2, 0.25) is 0 Å². The van der Waals surface area contributed by atoms with Crippen LogP contribution in [0, 0.1) is 5.92 Å². The minimum absolute atomic E-state index is 0.0768. The molecule has 16 heteroatoms. The molecule has 42 heavy (non-hydrogen) atoms. The molecule has 2 aliphatic carbocycles. The molecule has 244 valence electrons. The van der Waals surface area contributed by atoms with Crippen LogP contribution in [0.2, 0.25) is 0 Å². The Hall–Kier alpha value is -0.640. The summed E-state index contributed by atoms with van der Waals surface area (Å²) in [6.07, 6.45) is -10.6. The molecule has 3 saturated heterocycles. The highest BCUT2D eigenvalue weighted by Crippen LogP contribution is 2.42. The molecule has 3 aliphatic heterocycles. The van der Waals surface area contributed by atoms with E-state index in [0.29, 0.717) is 12.8 Å². The van der Waals surface area contributed by atoms with E-state index < -0.39 is 110 Å². The Morgan fingerprint density at radius 3 is 2.00 bits per heavy atom. The summed E-state index contributed by atoms with van der Waals surface area (Å²) in [6.45, 7) is 0.983. The van der Waals surface area contributed by atoms with E-state index in [1.165, 1.54) is 0 Å². The van der Waals surface area contributed by atoms with Crippen molar-refractivity contribution in [1.29, 1.82) is 0 Å². The Balaban J connectivity index is 1.29. The third-order valence-electron chi connectivity index (χ3n) is 9.53. The second-order valence-corrected chi connectivity index (χ2v) is 12.7. The lowest BCUT2D eigenvalue weighted by Crippen LogP contribution is -2.65. The van der Waals surface area contributed by atoms with Crippen LogP contribution in [-0.4, -0.2) is 142 Å². The molecule has 1 unspecified atom stereocenters. The van der Waals surface area contributed by atoms with Crippen molar-refractivity contribution in [2.45, 2.75) is 143 Å². The molecule has 17 atom stereocenters. The highest BCUT2D eigenvalue weighted by Gasteiger charge is 2.54. The zero-order valence-corrected chi connectivity index (χ0v) is 23.8. The molecule has 5 rings (SSSR count). The second kappa shape index (κ2) is 13.0. The van der Waals surface area contributed by atoms with Crippen molar-refractivity contribution in [3.8, 4) is 0 Å². The van der Waals surface area contributed by atoms with Gasteiger partial charge in [-0.15, -0.1) is 0 Å². The summed E-state index contributed by atoms with van der Waals surface area (Å²) in [7, 11) is 0. The molecule has 0 aromatic carbocycles. The van der Waals surface area contributed by atoms with Crippen molar-refractivity contribution in [2.75, 3.05) is 13.2 Å². The lowest BCUT2D eigenvalue weighted by atomic mass is 9.84. The molecule has 0 aromatic rings. The van der Waals surface area contributed by atoms with Gasteiger partial charge in [-0.25, -0.2) is 0 Å². The number of hydrogen-bond acceptors (Lipinski definition) is 16. The van der Waals surface area contributed by atoms with E-state index in [2.05, 4.69) is 0 Å². The first-order valence-electron chi connectivity index (χ1n) is 14.9. The van der Waals surface area contributed by atoms with Gasteiger partial charge < -0.3 is 82.6 Å². The molecular formula is C26H49N5O11. The van der Waals surface area contributed by atoms with Gasteiger partial charge in [-0.05, 0) is 32.1 Å². The first-order chi connectivity index (χ1) is 19.9. The number of nitrogens with two attached hydrogens (primary N) is 5. The topological polar surface area (TPSA) is 287 Å². The van der Waals surface area contributed by atoms with Crippen LogP contribution in [-0.2, 0) is 28.4 Å². The van der Waals surface area contributed by atoms with Gasteiger partial charge in [0, 0.05) is 30.1 Å². The molecule has 15 N–H and O–H groups in total. The van der Waals surface area contributed by atoms with E-state index in [0.717, 1.165) is 12.8 Å². The lowest BCUT2D eigenvalue weighted by molar-refractivity contribution is -0.297. The molecule has 2 saturated carbocycles. The Morgan fingerprint density at radius 2 is 1.36 bits per heavy atom. The van der Waals surface area contributed by atoms with Gasteiger partial charge in [0.15, 0.2) is 18.9 Å². The predicted molar refractivity (Wildman–Crippen MR) is 144 cm³/mol. The number of hydrogen-bond donors (Lipinski definition) is 10. The summed E-state index contributed by atoms with van der Waals surface area (Å²) in [5, 5.41) is 53.0. The molecule has 5 fully saturated rings. The van der Waals surface area contributed by atoms with Crippen LogP contribution in [0.3, 0.4) is 0 Å². The van der Waals surface area contributed by atoms with Gasteiger partial charge in [-0.1, -0.05) is 6.92 Å². The summed E-state index contributed by atoms with van der Waals surface area (Å²) in [4.78, 5) is 0. The van der Waals surface area contributed by atoms with E-state index in [1.807, 2.05) is 0 Å². The van der Waals surface area contributed by atoms with Crippen molar-refractivity contribution in [2.24, 2.45) is 34.6 Å². The SMILES string of the molecule is C[C@H]1C(O[C@H]2[C@@H](O)[C@H](O[C@@H]3[C@@H](O)[C@H](N)C[C@H](N)[C@H]3O[C@H]3O[C@H](C4(N)CC4)CC[C@H]3N)O[C@@H]2CO)O[C@@H](CN)[C@@H](O)[C@@H]1O. The summed E-state index contributed by atoms with van der Waals surface area (Å²) < 4.78 is 36.1. The third-order valence-corrected chi connectivity index (χ3v) is 9.53. The van der Waals surface area contributed by atoms with E-state index in [-0.39, 0.29) is 19.1 Å². The number of rotatable bonds is 9. The van der Waals surface area contributed by atoms with Crippen molar-refractivity contribution in [3.05, 3.63) is 0 Å². The fourth-order valence-corrected chi connectivity index (χ4v) is 6.46. The maximum Gasteiger partial charge on any atom is 0.187 e. The smallest absolute Gasteiger partial charge is 0.187 e. The molecule has 3 heterocycles. The van der Waals surface area contributed by atoms with Crippen molar-refractivity contribution >= 4 is 0 Å². The van der Waals surface area contributed by atoms with Gasteiger partial charge in [0.1, 0.15) is 42.7 Å². The van der Waals surface area contributed by atoms with Crippen LogP contribution < -0.4 is 28.7 Å². The normalized spacial score (nSPS) is 52.8. The summed E-state index contributed by atoms with van der Waals surface area (Å²) in [6, 6.07) is -1.89. The second-order valence-electron chi connectivity index (χ2n) is 12.7. The summed E-state index contributed by atoms with van der Waals surface area (Å²) in [5.41, 5.74) is 30.6. The lowest BCUT2D eigenvalue weighted by Gasteiger charge is -2.46. The van der Waals surface area contributed by atoms with E-state index >= 15 is 0 Å². The fourth-order valence-electron chi connectivity index (χ4n) is 6.46. The fraction of sp³-hybridized carbons (Fsp3) is 1.00. The van der Waals surface area contributed by atoms with Crippen LogP contribution in [0.5, 0.6) is 0 Å². The molecule has 16 nitrogen and oxygen atoms in total. The molecule has 0 aromatic heterocycles. The standard InChI is InChI=1S/C26H49N5O11/c1-9-16(33)18(35)13(7-27)37-23(9)41-21-14(8-32)38-25(19(21)36)42-22-17(34)11(29)6-12(30)20(22)40-24-10(28)2-3-15(39-24)26(31)4-5-26/h9-25,32-36H,2-8,27-31H2,1H3/t9-,10-,11-,12+,13+,14-,15+,16-,17+,18-,19-,20-,21-,22-,23?,24-,25+/m1/s1. The van der Waals surface area contributed by atoms with Crippen molar-refractivity contribution < 1.29 is 54.0 Å². The van der Waals surface area contributed by atoms with Gasteiger partial charge in [-0.2, -0.15) is 0 Å². The quantitative estimate of drug-likeness (QED) is 0.117. The Kier molecular flexibility index (Phi) is 10.1. The van der Waals surface area contributed by atoms with Gasteiger partial charge in [0.05, 0.1) is 31.0 Å². The van der Waals surface area contributed by atoms with E-state index in [4.69, 9.17) is 57.1 Å². The monoisotopic (exact) mass is 607 g/mol. The van der Waals surface area contributed by atoms with Gasteiger partial charge in [0.25, 0.3) is 0 Å². The van der Waals surface area contributed by atoms with Crippen LogP contribution in [0.25, 0.3) is 0 Å². The van der Waals surface area contributed by atoms with Crippen LogP contribution in [0.1, 0.15) is 39.0 Å². The minimum Gasteiger partial charge on any atom is -0.394 e. The molecular weight excluding hydrogens is 558 g/mol. The van der Waals surface area contributed by atoms with E-state index in [1.54, 1.807) is 6.92 Å². The predicted octanol–water partition coefficient (Wildman–Crippen LogP) is -5.00. The summed E-state index contributed by atoms with van der Waals surface area (Å²) in [5.74, 6) is -0.699. The maximum atomic E-state index is 11.2. The average Bonchev–Trinajstić information content (AvgIpc) is 3.65. The molecule has 0 spiro atoms. The van der Waals surface area contributed by atoms with E-state index in [9.17, 15) is 25.5 Å². The van der Waals surface area contributed by atoms with Crippen molar-refractivity contribution in [1.82, 2.24) is 0 Å².